The van der Waals surface area contributed by atoms with Gasteiger partial charge in [-0.1, -0.05) is 12.2 Å². The molecule has 0 unspecified atom stereocenters. The molecule has 1 heterocycles. The maximum atomic E-state index is 10.7. The van der Waals surface area contributed by atoms with E-state index in [0.717, 1.165) is 5.69 Å². The van der Waals surface area contributed by atoms with Crippen molar-refractivity contribution in [2.24, 2.45) is 11.5 Å². The summed E-state index contributed by atoms with van der Waals surface area (Å²) >= 11 is 4.77. The first kappa shape index (κ1) is 11.4. The van der Waals surface area contributed by atoms with E-state index in [-0.39, 0.29) is 11.5 Å². The van der Waals surface area contributed by atoms with Crippen LogP contribution in [-0.2, 0) is 4.79 Å². The molecule has 1 aromatic heterocycles. The number of carbonyl (C=O) groups is 1. The molecule has 0 aliphatic heterocycles. The van der Waals surface area contributed by atoms with Crippen molar-refractivity contribution in [2.75, 3.05) is 18.5 Å². The number of hydrogen-bond acceptors (Lipinski definition) is 4. The second-order valence-electron chi connectivity index (χ2n) is 3.09. The van der Waals surface area contributed by atoms with Crippen molar-refractivity contribution in [1.29, 1.82) is 0 Å². The Kier molecular flexibility index (Phi) is 3.56. The van der Waals surface area contributed by atoms with Crippen LogP contribution in [-0.4, -0.2) is 29.5 Å². The molecule has 6 heteroatoms. The average molecular weight is 224 g/mol. The van der Waals surface area contributed by atoms with Gasteiger partial charge in [-0.2, -0.15) is 0 Å². The maximum absolute atomic E-state index is 10.7. The minimum Gasteiger partial charge on any atom is -0.388 e. The molecule has 1 amide bonds. The van der Waals surface area contributed by atoms with Gasteiger partial charge in [-0.3, -0.25) is 9.78 Å². The standard InChI is InChI=1S/C9H12N4OS/c1-13(5-8(10)14)6-2-3-7(9(11)15)12-4-6/h2-4H,5H2,1H3,(H2,10,14)(H2,11,15). The fourth-order valence-corrected chi connectivity index (χ4v) is 1.20. The number of pyridine rings is 1. The van der Waals surface area contributed by atoms with Crippen LogP contribution in [0.4, 0.5) is 5.69 Å². The van der Waals surface area contributed by atoms with Gasteiger partial charge in [0.1, 0.15) is 4.99 Å². The molecule has 0 aliphatic rings. The lowest BCUT2D eigenvalue weighted by atomic mass is 10.3. The van der Waals surface area contributed by atoms with Crippen LogP contribution in [0.1, 0.15) is 5.69 Å². The van der Waals surface area contributed by atoms with Gasteiger partial charge < -0.3 is 16.4 Å². The Morgan fingerprint density at radius 1 is 1.53 bits per heavy atom. The van der Waals surface area contributed by atoms with Crippen molar-refractivity contribution in [1.82, 2.24) is 4.98 Å². The van der Waals surface area contributed by atoms with E-state index in [9.17, 15) is 4.79 Å². The fraction of sp³-hybridized carbons (Fsp3) is 0.222. The Morgan fingerprint density at radius 2 is 2.20 bits per heavy atom. The van der Waals surface area contributed by atoms with Crippen LogP contribution in [0, 0.1) is 0 Å². The average Bonchev–Trinajstić information content (AvgIpc) is 2.17. The molecule has 0 saturated heterocycles. The van der Waals surface area contributed by atoms with E-state index in [1.165, 1.54) is 0 Å². The van der Waals surface area contributed by atoms with Crippen LogP contribution in [0.5, 0.6) is 0 Å². The van der Waals surface area contributed by atoms with E-state index in [1.54, 1.807) is 30.3 Å². The number of carbonyl (C=O) groups excluding carboxylic acids is 1. The van der Waals surface area contributed by atoms with Crippen molar-refractivity contribution in [2.45, 2.75) is 0 Å². The fourth-order valence-electron chi connectivity index (χ4n) is 1.08. The molecule has 4 N–H and O–H groups in total. The predicted octanol–water partition coefficient (Wildman–Crippen LogP) is -0.363. The van der Waals surface area contributed by atoms with Gasteiger partial charge in [0.25, 0.3) is 0 Å². The van der Waals surface area contributed by atoms with Gasteiger partial charge >= 0.3 is 0 Å². The largest absolute Gasteiger partial charge is 0.388 e. The highest BCUT2D eigenvalue weighted by Crippen LogP contribution is 2.10. The lowest BCUT2D eigenvalue weighted by Crippen LogP contribution is -2.30. The van der Waals surface area contributed by atoms with Gasteiger partial charge in [0.15, 0.2) is 0 Å². The summed E-state index contributed by atoms with van der Waals surface area (Å²) in [5, 5.41) is 0. The second-order valence-corrected chi connectivity index (χ2v) is 3.53. The van der Waals surface area contributed by atoms with Crippen LogP contribution in [0.15, 0.2) is 18.3 Å². The number of thiocarbonyl (C=S) groups is 1. The van der Waals surface area contributed by atoms with Gasteiger partial charge in [0.2, 0.25) is 5.91 Å². The molecule has 0 radical (unpaired) electrons. The number of likely N-dealkylation sites (N-methyl/N-ethyl adjacent to an activating group) is 1. The Morgan fingerprint density at radius 3 is 2.60 bits per heavy atom. The summed E-state index contributed by atoms with van der Waals surface area (Å²) in [5.41, 5.74) is 11.8. The first-order valence-electron chi connectivity index (χ1n) is 4.26. The second kappa shape index (κ2) is 4.70. The molecule has 0 aliphatic carbocycles. The lowest BCUT2D eigenvalue weighted by Gasteiger charge is -2.16. The smallest absolute Gasteiger partial charge is 0.236 e. The highest BCUT2D eigenvalue weighted by molar-refractivity contribution is 7.80. The first-order chi connectivity index (χ1) is 7.00. The van der Waals surface area contributed by atoms with Gasteiger partial charge in [-0.05, 0) is 12.1 Å². The highest BCUT2D eigenvalue weighted by atomic mass is 32.1. The Bertz CT molecular complexity index is 376. The SMILES string of the molecule is CN(CC(N)=O)c1ccc(C(N)=S)nc1. The normalized spacial score (nSPS) is 9.67. The molecule has 0 spiro atoms. The zero-order valence-corrected chi connectivity index (χ0v) is 9.12. The third-order valence-electron chi connectivity index (χ3n) is 1.83. The van der Waals surface area contributed by atoms with Crippen molar-refractivity contribution in [3.63, 3.8) is 0 Å². The topological polar surface area (TPSA) is 85.2 Å². The number of hydrogen-bond donors (Lipinski definition) is 2. The summed E-state index contributed by atoms with van der Waals surface area (Å²) in [7, 11) is 1.75. The summed E-state index contributed by atoms with van der Waals surface area (Å²) in [4.78, 5) is 16.7. The van der Waals surface area contributed by atoms with Crippen LogP contribution in [0.25, 0.3) is 0 Å². The quantitative estimate of drug-likeness (QED) is 0.682. The molecule has 1 rings (SSSR count). The molecule has 0 aromatic carbocycles. The van der Waals surface area contributed by atoms with Crippen molar-refractivity contribution >= 4 is 28.8 Å². The summed E-state index contributed by atoms with van der Waals surface area (Å²) in [6.07, 6.45) is 1.59. The summed E-state index contributed by atoms with van der Waals surface area (Å²) in [6.45, 7) is 0.147. The zero-order chi connectivity index (χ0) is 11.4. The Balaban J connectivity index is 2.79. The first-order valence-corrected chi connectivity index (χ1v) is 4.67. The number of anilines is 1. The van der Waals surface area contributed by atoms with E-state index in [0.29, 0.717) is 5.69 Å². The number of nitrogens with zero attached hydrogens (tertiary/aromatic N) is 2. The predicted molar refractivity (Wildman–Crippen MR) is 62.6 cm³/mol. The lowest BCUT2D eigenvalue weighted by molar-refractivity contribution is -0.116. The van der Waals surface area contributed by atoms with Crippen LogP contribution in [0.3, 0.4) is 0 Å². The number of primary amides is 1. The summed E-state index contributed by atoms with van der Waals surface area (Å²) < 4.78 is 0. The molecule has 0 atom stereocenters. The Hall–Kier alpha value is -1.69. The van der Waals surface area contributed by atoms with E-state index in [4.69, 9.17) is 23.7 Å². The Labute approximate surface area is 93.1 Å². The third kappa shape index (κ3) is 3.17. The van der Waals surface area contributed by atoms with Gasteiger partial charge in [-0.15, -0.1) is 0 Å². The van der Waals surface area contributed by atoms with Gasteiger partial charge in [0.05, 0.1) is 24.1 Å². The monoisotopic (exact) mass is 224 g/mol. The third-order valence-corrected chi connectivity index (χ3v) is 2.04. The van der Waals surface area contributed by atoms with Crippen LogP contribution in [0.2, 0.25) is 0 Å². The molecule has 0 fully saturated rings. The summed E-state index contributed by atoms with van der Waals surface area (Å²) in [6, 6.07) is 3.49. The van der Waals surface area contributed by atoms with Gasteiger partial charge in [-0.25, -0.2) is 0 Å². The number of aromatic nitrogens is 1. The molecule has 15 heavy (non-hydrogen) atoms. The molecule has 1 aromatic rings. The number of nitrogens with two attached hydrogens (primary N) is 2. The zero-order valence-electron chi connectivity index (χ0n) is 8.30. The van der Waals surface area contributed by atoms with Crippen LogP contribution >= 0.6 is 12.2 Å². The summed E-state index contributed by atoms with van der Waals surface area (Å²) in [5.74, 6) is -0.393. The van der Waals surface area contributed by atoms with Gasteiger partial charge in [0, 0.05) is 7.05 Å². The molecular weight excluding hydrogens is 212 g/mol. The van der Waals surface area contributed by atoms with E-state index in [1.807, 2.05) is 0 Å². The molecule has 5 nitrogen and oxygen atoms in total. The molecule has 80 valence electrons. The van der Waals surface area contributed by atoms with Crippen molar-refractivity contribution < 1.29 is 4.79 Å². The minimum absolute atomic E-state index is 0.147. The van der Waals surface area contributed by atoms with E-state index >= 15 is 0 Å². The minimum atomic E-state index is -0.393. The molecule has 0 saturated carbocycles. The molecule has 0 bridgehead atoms. The molecular formula is C9H12N4OS. The van der Waals surface area contributed by atoms with Crippen molar-refractivity contribution in [3.05, 3.63) is 24.0 Å². The van der Waals surface area contributed by atoms with E-state index < -0.39 is 5.91 Å². The van der Waals surface area contributed by atoms with E-state index in [2.05, 4.69) is 4.98 Å². The highest BCUT2D eigenvalue weighted by Gasteiger charge is 2.05. The van der Waals surface area contributed by atoms with Crippen LogP contribution < -0.4 is 16.4 Å². The maximum Gasteiger partial charge on any atom is 0.236 e. The van der Waals surface area contributed by atoms with Crippen molar-refractivity contribution in [3.8, 4) is 0 Å². The number of amides is 1. The number of rotatable bonds is 4.